The van der Waals surface area contributed by atoms with Gasteiger partial charge in [0.05, 0.1) is 22.8 Å². The monoisotopic (exact) mass is 396 g/mol. The number of phenolic OH excluding ortho intramolecular Hbond substituents is 2. The summed E-state index contributed by atoms with van der Waals surface area (Å²) < 4.78 is 0. The second-order valence-electron chi connectivity index (χ2n) is 9.08. The molecule has 4 nitrogen and oxygen atoms in total. The third-order valence-electron chi connectivity index (χ3n) is 6.53. The van der Waals surface area contributed by atoms with E-state index in [0.717, 1.165) is 33.9 Å². The number of fused-ring (bicyclic) bond motifs is 7. The lowest BCUT2D eigenvalue weighted by atomic mass is 9.76. The van der Waals surface area contributed by atoms with Gasteiger partial charge in [-0.05, 0) is 24.3 Å². The maximum absolute atomic E-state index is 11.3. The second kappa shape index (κ2) is 6.05. The molecule has 4 heteroatoms. The Morgan fingerprint density at radius 2 is 1.00 bits per heavy atom. The van der Waals surface area contributed by atoms with E-state index < -0.39 is 10.8 Å². The highest BCUT2D eigenvalue weighted by atomic mass is 16.3. The maximum Gasteiger partial charge on any atom is 0.127 e. The fourth-order valence-electron chi connectivity index (χ4n) is 4.51. The lowest BCUT2D eigenvalue weighted by Crippen LogP contribution is -2.27. The van der Waals surface area contributed by atoms with Gasteiger partial charge in [0.2, 0.25) is 0 Å². The number of aliphatic imine (C=N–C) groups is 2. The van der Waals surface area contributed by atoms with Gasteiger partial charge in [-0.15, -0.1) is 0 Å². The Morgan fingerprint density at radius 1 is 0.600 bits per heavy atom. The van der Waals surface area contributed by atoms with E-state index in [1.807, 2.05) is 88.4 Å². The molecule has 0 saturated carbocycles. The molecule has 30 heavy (non-hydrogen) atoms. The van der Waals surface area contributed by atoms with Crippen LogP contribution in [0.3, 0.4) is 0 Å². The van der Waals surface area contributed by atoms with E-state index in [2.05, 4.69) is 0 Å². The van der Waals surface area contributed by atoms with E-state index in [1.165, 1.54) is 0 Å². The molecule has 0 fully saturated rings. The molecule has 0 amide bonds. The van der Waals surface area contributed by atoms with Crippen molar-refractivity contribution in [3.05, 3.63) is 83.2 Å². The van der Waals surface area contributed by atoms with Crippen LogP contribution in [0.25, 0.3) is 11.1 Å². The third kappa shape index (κ3) is 2.46. The highest BCUT2D eigenvalue weighted by molar-refractivity contribution is 6.09. The first-order valence-corrected chi connectivity index (χ1v) is 10.2. The zero-order valence-electron chi connectivity index (χ0n) is 17.6. The van der Waals surface area contributed by atoms with Gasteiger partial charge in [0.25, 0.3) is 0 Å². The highest BCUT2D eigenvalue weighted by Crippen LogP contribution is 2.46. The minimum absolute atomic E-state index is 0.167. The van der Waals surface area contributed by atoms with Crippen LogP contribution in [0.2, 0.25) is 0 Å². The number of allylic oxidation sites excluding steroid dienone is 4. The van der Waals surface area contributed by atoms with Gasteiger partial charge in [-0.2, -0.15) is 0 Å². The van der Waals surface area contributed by atoms with Crippen molar-refractivity contribution in [3.63, 3.8) is 0 Å². The van der Waals surface area contributed by atoms with Gasteiger partial charge in [-0.1, -0.05) is 64.1 Å². The maximum atomic E-state index is 11.3. The van der Waals surface area contributed by atoms with Crippen LogP contribution < -0.4 is 0 Å². The number of nitrogens with zero attached hydrogens (tertiary/aromatic N) is 2. The second-order valence-corrected chi connectivity index (χ2v) is 9.08. The van der Waals surface area contributed by atoms with Crippen LogP contribution in [0, 0.1) is 0 Å². The molecule has 3 heterocycles. The fourth-order valence-corrected chi connectivity index (χ4v) is 4.51. The van der Waals surface area contributed by atoms with E-state index in [9.17, 15) is 10.2 Å². The van der Waals surface area contributed by atoms with Crippen LogP contribution in [0.4, 0.5) is 0 Å². The number of rotatable bonds is 0. The van der Waals surface area contributed by atoms with Crippen molar-refractivity contribution in [2.24, 2.45) is 9.98 Å². The summed E-state index contributed by atoms with van der Waals surface area (Å²) in [5, 5.41) is 22.5. The van der Waals surface area contributed by atoms with E-state index in [-0.39, 0.29) is 11.5 Å². The average Bonchev–Trinajstić information content (AvgIpc) is 3.38. The summed E-state index contributed by atoms with van der Waals surface area (Å²) >= 11 is 0. The molecule has 150 valence electrons. The number of hydrogen-bond acceptors (Lipinski definition) is 4. The van der Waals surface area contributed by atoms with Crippen molar-refractivity contribution in [2.45, 2.75) is 38.5 Å². The number of hydrogen-bond donors (Lipinski definition) is 2. The first kappa shape index (κ1) is 18.6. The van der Waals surface area contributed by atoms with Crippen LogP contribution in [-0.2, 0) is 10.8 Å². The van der Waals surface area contributed by atoms with Gasteiger partial charge >= 0.3 is 0 Å². The van der Waals surface area contributed by atoms with Crippen LogP contribution in [0.15, 0.2) is 82.1 Å². The Kier molecular flexibility index (Phi) is 3.75. The summed E-state index contributed by atoms with van der Waals surface area (Å²) in [5.41, 5.74) is 5.05. The van der Waals surface area contributed by atoms with Crippen LogP contribution >= 0.6 is 0 Å². The van der Waals surface area contributed by atoms with Crippen molar-refractivity contribution in [1.82, 2.24) is 0 Å². The number of benzene rings is 2. The molecular formula is C26H24N2O2. The zero-order valence-corrected chi connectivity index (χ0v) is 17.6. The topological polar surface area (TPSA) is 65.2 Å². The normalized spacial score (nSPS) is 20.1. The van der Waals surface area contributed by atoms with Crippen molar-refractivity contribution in [2.75, 3.05) is 0 Å². The van der Waals surface area contributed by atoms with Crippen LogP contribution in [0.5, 0.6) is 11.5 Å². The Morgan fingerprint density at radius 3 is 1.40 bits per heavy atom. The van der Waals surface area contributed by atoms with Crippen molar-refractivity contribution in [3.8, 4) is 22.6 Å². The first-order chi connectivity index (χ1) is 14.2. The minimum atomic E-state index is -0.523. The number of phenols is 2. The van der Waals surface area contributed by atoms with Gasteiger partial charge in [0.1, 0.15) is 11.5 Å². The molecule has 2 aromatic rings. The molecular weight excluding hydrogens is 372 g/mol. The SMILES string of the molecule is CC1(C)C2=NC(=C3C=CC(=N3)C(C)(C)c3cccc(c3O)-c3cccc1c3O)C=C2. The van der Waals surface area contributed by atoms with Crippen molar-refractivity contribution >= 4 is 11.4 Å². The molecule has 0 aliphatic carbocycles. The Labute approximate surface area is 176 Å². The molecule has 5 rings (SSSR count). The third-order valence-corrected chi connectivity index (χ3v) is 6.53. The molecule has 2 N–H and O–H groups in total. The van der Waals surface area contributed by atoms with Gasteiger partial charge in [-0.3, -0.25) is 9.98 Å². The summed E-state index contributed by atoms with van der Waals surface area (Å²) in [4.78, 5) is 9.72. The molecule has 0 saturated heterocycles. The molecule has 0 atom stereocenters. The predicted octanol–water partition coefficient (Wildman–Crippen LogP) is 5.57. The standard InChI is InChI=1S/C26H24N2O2/c1-25(2)17-9-5-7-15(23(17)29)16-8-6-10-18(24(16)30)26(3,4)22-14-12-20(28-22)19-11-13-21(25)27-19/h5-14,29-30H,1-4H3. The van der Waals surface area contributed by atoms with Crippen molar-refractivity contribution in [1.29, 1.82) is 0 Å². The summed E-state index contributed by atoms with van der Waals surface area (Å²) in [7, 11) is 0. The van der Waals surface area contributed by atoms with Gasteiger partial charge in [0, 0.05) is 33.1 Å². The minimum Gasteiger partial charge on any atom is -0.507 e. The van der Waals surface area contributed by atoms with E-state index >= 15 is 0 Å². The summed E-state index contributed by atoms with van der Waals surface area (Å²) in [6, 6.07) is 11.4. The van der Waals surface area contributed by atoms with E-state index in [1.54, 1.807) is 0 Å². The van der Waals surface area contributed by atoms with Gasteiger partial charge < -0.3 is 10.2 Å². The quantitative estimate of drug-likeness (QED) is 0.612. The Bertz CT molecular complexity index is 1160. The highest BCUT2D eigenvalue weighted by Gasteiger charge is 2.35. The smallest absolute Gasteiger partial charge is 0.127 e. The molecule has 0 radical (unpaired) electrons. The molecule has 0 aromatic heterocycles. The summed E-state index contributed by atoms with van der Waals surface area (Å²) in [5.74, 6) is 0.334. The van der Waals surface area contributed by atoms with E-state index in [4.69, 9.17) is 9.98 Å². The summed E-state index contributed by atoms with van der Waals surface area (Å²) in [6.07, 6.45) is 7.96. The molecule has 0 unspecified atom stereocenters. The van der Waals surface area contributed by atoms with Gasteiger partial charge in [0.15, 0.2) is 0 Å². The fraction of sp³-hybridized carbons (Fsp3) is 0.231. The number of para-hydroxylation sites is 2. The number of aromatic hydroxyl groups is 2. The zero-order chi connectivity index (χ0) is 21.3. The van der Waals surface area contributed by atoms with Crippen LogP contribution in [-0.4, -0.2) is 21.6 Å². The molecule has 3 aliphatic heterocycles. The molecule has 2 aromatic carbocycles. The van der Waals surface area contributed by atoms with Gasteiger partial charge in [-0.25, -0.2) is 0 Å². The lowest BCUT2D eigenvalue weighted by Gasteiger charge is -2.28. The largest absolute Gasteiger partial charge is 0.507 e. The van der Waals surface area contributed by atoms with Crippen molar-refractivity contribution < 1.29 is 10.2 Å². The first-order valence-electron chi connectivity index (χ1n) is 10.2. The lowest BCUT2D eigenvalue weighted by molar-refractivity contribution is 0.453. The molecule has 3 aliphatic rings. The molecule has 8 bridgehead atoms. The Hall–Kier alpha value is -3.40. The predicted molar refractivity (Wildman–Crippen MR) is 121 cm³/mol. The molecule has 0 spiro atoms. The average molecular weight is 396 g/mol. The van der Waals surface area contributed by atoms with Crippen LogP contribution in [0.1, 0.15) is 38.8 Å². The summed E-state index contributed by atoms with van der Waals surface area (Å²) in [6.45, 7) is 8.19. The Balaban J connectivity index is 1.89. The van der Waals surface area contributed by atoms with E-state index in [0.29, 0.717) is 11.1 Å².